The smallest absolute Gasteiger partial charge is 0.234 e. The molecule has 106 valence electrons. The number of likely N-dealkylation sites (N-methyl/N-ethyl adjacent to an activating group) is 1. The highest BCUT2D eigenvalue weighted by molar-refractivity contribution is 5.77. The van der Waals surface area contributed by atoms with Gasteiger partial charge in [0, 0.05) is 13.1 Å². The second-order valence-electron chi connectivity index (χ2n) is 5.68. The predicted molar refractivity (Wildman–Crippen MR) is 73.4 cm³/mol. The SMILES string of the molecule is CC(O)CCN(C)CC(=O)NCC1CCCCC1. The van der Waals surface area contributed by atoms with Crippen LogP contribution in [0.25, 0.3) is 0 Å². The van der Waals surface area contributed by atoms with Crippen LogP contribution in [0.4, 0.5) is 0 Å². The lowest BCUT2D eigenvalue weighted by molar-refractivity contribution is -0.122. The van der Waals surface area contributed by atoms with Crippen LogP contribution in [0.15, 0.2) is 0 Å². The average Bonchev–Trinajstić information content (AvgIpc) is 2.35. The van der Waals surface area contributed by atoms with Crippen LogP contribution in [0.5, 0.6) is 0 Å². The van der Waals surface area contributed by atoms with Gasteiger partial charge in [0.1, 0.15) is 0 Å². The van der Waals surface area contributed by atoms with E-state index in [1.54, 1.807) is 6.92 Å². The zero-order chi connectivity index (χ0) is 13.4. The minimum absolute atomic E-state index is 0.105. The van der Waals surface area contributed by atoms with Gasteiger partial charge in [-0.25, -0.2) is 0 Å². The van der Waals surface area contributed by atoms with E-state index in [1.165, 1.54) is 32.1 Å². The fourth-order valence-corrected chi connectivity index (χ4v) is 2.44. The molecular weight excluding hydrogens is 228 g/mol. The minimum Gasteiger partial charge on any atom is -0.393 e. The fourth-order valence-electron chi connectivity index (χ4n) is 2.44. The predicted octanol–water partition coefficient (Wildman–Crippen LogP) is 1.39. The Hall–Kier alpha value is -0.610. The number of aliphatic hydroxyl groups is 1. The van der Waals surface area contributed by atoms with Gasteiger partial charge in [-0.15, -0.1) is 0 Å². The number of carbonyl (C=O) groups is 1. The molecule has 2 N–H and O–H groups in total. The molecule has 0 aromatic heterocycles. The lowest BCUT2D eigenvalue weighted by Gasteiger charge is -2.22. The van der Waals surface area contributed by atoms with Crippen molar-refractivity contribution in [3.05, 3.63) is 0 Å². The van der Waals surface area contributed by atoms with Gasteiger partial charge in [0.15, 0.2) is 0 Å². The summed E-state index contributed by atoms with van der Waals surface area (Å²) in [5, 5.41) is 12.2. The standard InChI is InChI=1S/C14H28N2O2/c1-12(17)8-9-16(2)11-14(18)15-10-13-6-4-3-5-7-13/h12-13,17H,3-11H2,1-2H3,(H,15,18). The van der Waals surface area contributed by atoms with Gasteiger partial charge in [-0.2, -0.15) is 0 Å². The summed E-state index contributed by atoms with van der Waals surface area (Å²) in [6.45, 7) is 3.80. The molecule has 4 nitrogen and oxygen atoms in total. The van der Waals surface area contributed by atoms with Gasteiger partial charge in [-0.05, 0) is 39.2 Å². The van der Waals surface area contributed by atoms with Crippen LogP contribution >= 0.6 is 0 Å². The molecule has 1 fully saturated rings. The van der Waals surface area contributed by atoms with Crippen LogP contribution in [-0.4, -0.2) is 48.7 Å². The maximum Gasteiger partial charge on any atom is 0.234 e. The van der Waals surface area contributed by atoms with E-state index in [2.05, 4.69) is 5.32 Å². The van der Waals surface area contributed by atoms with Gasteiger partial charge in [0.2, 0.25) is 5.91 Å². The summed E-state index contributed by atoms with van der Waals surface area (Å²) in [6.07, 6.45) is 6.93. The minimum atomic E-state index is -0.294. The number of rotatable bonds is 7. The first kappa shape index (κ1) is 15.4. The Kier molecular flexibility index (Phi) is 7.28. The van der Waals surface area contributed by atoms with Crippen molar-refractivity contribution in [2.24, 2.45) is 5.92 Å². The molecule has 1 saturated carbocycles. The molecule has 1 atom stereocenters. The Morgan fingerprint density at radius 1 is 1.39 bits per heavy atom. The highest BCUT2D eigenvalue weighted by atomic mass is 16.3. The van der Waals surface area contributed by atoms with E-state index < -0.39 is 0 Å². The molecule has 1 aliphatic rings. The summed E-state index contributed by atoms with van der Waals surface area (Å²) < 4.78 is 0. The van der Waals surface area contributed by atoms with Crippen molar-refractivity contribution in [3.63, 3.8) is 0 Å². The van der Waals surface area contributed by atoms with Crippen LogP contribution < -0.4 is 5.32 Å². The van der Waals surface area contributed by atoms with Crippen LogP contribution in [0.2, 0.25) is 0 Å². The number of carbonyl (C=O) groups excluding carboxylic acids is 1. The molecule has 1 aliphatic carbocycles. The van der Waals surface area contributed by atoms with Crippen molar-refractivity contribution < 1.29 is 9.90 Å². The molecule has 0 bridgehead atoms. The fraction of sp³-hybridized carbons (Fsp3) is 0.929. The van der Waals surface area contributed by atoms with E-state index in [1.807, 2.05) is 11.9 Å². The molecule has 0 heterocycles. The van der Waals surface area contributed by atoms with Gasteiger partial charge in [-0.3, -0.25) is 9.69 Å². The highest BCUT2D eigenvalue weighted by Crippen LogP contribution is 2.22. The van der Waals surface area contributed by atoms with E-state index >= 15 is 0 Å². The second-order valence-corrected chi connectivity index (χ2v) is 5.68. The van der Waals surface area contributed by atoms with Crippen LogP contribution in [0.3, 0.4) is 0 Å². The van der Waals surface area contributed by atoms with Crippen LogP contribution in [-0.2, 0) is 4.79 Å². The normalized spacial score (nSPS) is 18.9. The Bertz CT molecular complexity index is 238. The van der Waals surface area contributed by atoms with Gasteiger partial charge in [-0.1, -0.05) is 19.3 Å². The molecule has 1 unspecified atom stereocenters. The van der Waals surface area contributed by atoms with E-state index in [9.17, 15) is 9.90 Å². The zero-order valence-corrected chi connectivity index (χ0v) is 11.8. The third kappa shape index (κ3) is 6.97. The largest absolute Gasteiger partial charge is 0.393 e. The van der Waals surface area contributed by atoms with Gasteiger partial charge >= 0.3 is 0 Å². The van der Waals surface area contributed by atoms with E-state index in [-0.39, 0.29) is 12.0 Å². The Morgan fingerprint density at radius 2 is 2.06 bits per heavy atom. The van der Waals surface area contributed by atoms with Crippen molar-refractivity contribution in [3.8, 4) is 0 Å². The number of nitrogens with zero attached hydrogens (tertiary/aromatic N) is 1. The summed E-state index contributed by atoms with van der Waals surface area (Å²) >= 11 is 0. The lowest BCUT2D eigenvalue weighted by Crippen LogP contribution is -2.38. The second kappa shape index (κ2) is 8.48. The van der Waals surface area contributed by atoms with Gasteiger partial charge in [0.05, 0.1) is 12.6 Å². The van der Waals surface area contributed by atoms with Crippen molar-refractivity contribution in [2.45, 2.75) is 51.6 Å². The number of amides is 1. The molecule has 18 heavy (non-hydrogen) atoms. The van der Waals surface area contributed by atoms with Crippen molar-refractivity contribution >= 4 is 5.91 Å². The molecule has 0 saturated heterocycles. The highest BCUT2D eigenvalue weighted by Gasteiger charge is 2.14. The molecule has 4 heteroatoms. The molecule has 0 spiro atoms. The monoisotopic (exact) mass is 256 g/mol. The first-order valence-corrected chi connectivity index (χ1v) is 7.21. The van der Waals surface area contributed by atoms with E-state index in [4.69, 9.17) is 0 Å². The third-order valence-electron chi connectivity index (χ3n) is 3.65. The summed E-state index contributed by atoms with van der Waals surface area (Å²) in [7, 11) is 1.92. The maximum atomic E-state index is 11.7. The Balaban J connectivity index is 2.08. The number of aliphatic hydroxyl groups excluding tert-OH is 1. The summed E-state index contributed by atoms with van der Waals surface area (Å²) in [6, 6.07) is 0. The summed E-state index contributed by atoms with van der Waals surface area (Å²) in [4.78, 5) is 13.7. The van der Waals surface area contributed by atoms with Crippen LogP contribution in [0.1, 0.15) is 45.4 Å². The van der Waals surface area contributed by atoms with Crippen LogP contribution in [0, 0.1) is 5.92 Å². The number of hydrogen-bond acceptors (Lipinski definition) is 3. The third-order valence-corrected chi connectivity index (χ3v) is 3.65. The van der Waals surface area contributed by atoms with Gasteiger partial charge in [0.25, 0.3) is 0 Å². The molecule has 1 rings (SSSR count). The topological polar surface area (TPSA) is 52.6 Å². The number of nitrogens with one attached hydrogen (secondary N) is 1. The zero-order valence-electron chi connectivity index (χ0n) is 11.8. The van der Waals surface area contributed by atoms with E-state index in [0.717, 1.165) is 13.1 Å². The molecule has 0 radical (unpaired) electrons. The lowest BCUT2D eigenvalue weighted by atomic mass is 9.89. The summed E-state index contributed by atoms with van der Waals surface area (Å²) in [5.41, 5.74) is 0. The molecule has 0 aromatic carbocycles. The quantitative estimate of drug-likeness (QED) is 0.723. The Labute approximate surface area is 111 Å². The van der Waals surface area contributed by atoms with Crippen molar-refractivity contribution in [2.75, 3.05) is 26.7 Å². The Morgan fingerprint density at radius 3 is 2.67 bits per heavy atom. The molecule has 0 aromatic rings. The van der Waals surface area contributed by atoms with Gasteiger partial charge < -0.3 is 10.4 Å². The van der Waals surface area contributed by atoms with E-state index in [0.29, 0.717) is 18.9 Å². The maximum absolute atomic E-state index is 11.7. The van der Waals surface area contributed by atoms with Crippen molar-refractivity contribution in [1.29, 1.82) is 0 Å². The first-order chi connectivity index (χ1) is 8.58. The average molecular weight is 256 g/mol. The molecule has 0 aliphatic heterocycles. The molecular formula is C14H28N2O2. The summed E-state index contributed by atoms with van der Waals surface area (Å²) in [5.74, 6) is 0.791. The molecule has 1 amide bonds. The number of hydrogen-bond donors (Lipinski definition) is 2. The van der Waals surface area contributed by atoms with Crippen molar-refractivity contribution in [1.82, 2.24) is 10.2 Å². The first-order valence-electron chi connectivity index (χ1n) is 7.21.